The lowest BCUT2D eigenvalue weighted by molar-refractivity contribution is 0.0734. The summed E-state index contributed by atoms with van der Waals surface area (Å²) in [4.78, 5) is 23.7. The molecule has 1 amide bonds. The van der Waals surface area contributed by atoms with E-state index < -0.39 is 0 Å². The van der Waals surface area contributed by atoms with Crippen LogP contribution in [0.4, 0.5) is 0 Å². The van der Waals surface area contributed by atoms with Gasteiger partial charge in [-0.25, -0.2) is 14.6 Å². The molecule has 0 aliphatic carbocycles. The van der Waals surface area contributed by atoms with Crippen molar-refractivity contribution in [3.63, 3.8) is 0 Å². The number of hydrogen-bond acceptors (Lipinski definition) is 5. The first kappa shape index (κ1) is 18.7. The monoisotopic (exact) mass is 393 g/mol. The number of carbonyl (C=O) groups excluding carboxylic acids is 1. The van der Waals surface area contributed by atoms with Gasteiger partial charge in [0.15, 0.2) is 5.82 Å². The minimum atomic E-state index is 0.0177. The van der Waals surface area contributed by atoms with E-state index in [1.807, 2.05) is 24.0 Å². The number of thioether (sulfide) groups is 1. The van der Waals surface area contributed by atoms with E-state index in [4.69, 9.17) is 0 Å². The zero-order valence-electron chi connectivity index (χ0n) is 16.3. The van der Waals surface area contributed by atoms with Gasteiger partial charge in [0.2, 0.25) is 0 Å². The van der Waals surface area contributed by atoms with Crippen molar-refractivity contribution >= 4 is 17.7 Å². The smallest absolute Gasteiger partial charge is 0.257 e. The van der Waals surface area contributed by atoms with E-state index in [1.165, 1.54) is 11.1 Å². The van der Waals surface area contributed by atoms with Crippen molar-refractivity contribution in [1.29, 1.82) is 0 Å². The van der Waals surface area contributed by atoms with Gasteiger partial charge >= 0.3 is 0 Å². The molecule has 0 radical (unpaired) electrons. The number of benzene rings is 1. The fourth-order valence-corrected chi connectivity index (χ4v) is 4.21. The van der Waals surface area contributed by atoms with Crippen LogP contribution < -0.4 is 0 Å². The van der Waals surface area contributed by atoms with Crippen molar-refractivity contribution in [3.05, 3.63) is 65.2 Å². The third-order valence-electron chi connectivity index (χ3n) is 4.86. The molecule has 7 heteroatoms. The molecule has 6 nitrogen and oxygen atoms in total. The highest BCUT2D eigenvalue weighted by Gasteiger charge is 2.25. The Bertz CT molecular complexity index is 1010. The molecule has 0 unspecified atom stereocenters. The second-order valence-corrected chi connectivity index (χ2v) is 8.78. The van der Waals surface area contributed by atoms with Gasteiger partial charge in [-0.3, -0.25) is 4.79 Å². The number of hydrogen-bond donors (Lipinski definition) is 0. The molecule has 3 aromatic rings. The van der Waals surface area contributed by atoms with Crippen molar-refractivity contribution < 1.29 is 4.79 Å². The molecule has 0 bridgehead atoms. The third kappa shape index (κ3) is 3.67. The summed E-state index contributed by atoms with van der Waals surface area (Å²) in [5, 5.41) is 5.77. The molecule has 1 aromatic carbocycles. The Balaban J connectivity index is 1.58. The van der Waals surface area contributed by atoms with Crippen molar-refractivity contribution in [2.75, 3.05) is 6.54 Å². The fourth-order valence-electron chi connectivity index (χ4n) is 3.44. The topological polar surface area (TPSA) is 63.9 Å². The first-order valence-corrected chi connectivity index (χ1v) is 10.3. The average Bonchev–Trinajstić information content (AvgIpc) is 3.08. The zero-order valence-corrected chi connectivity index (χ0v) is 17.1. The van der Waals surface area contributed by atoms with Crippen LogP contribution >= 0.6 is 11.8 Å². The summed E-state index contributed by atoms with van der Waals surface area (Å²) in [7, 11) is 0. The lowest BCUT2D eigenvalue weighted by Gasteiger charge is -2.28. The molecule has 28 heavy (non-hydrogen) atoms. The number of nitrogens with zero attached hydrogens (tertiary/aromatic N) is 5. The zero-order chi connectivity index (χ0) is 19.7. The van der Waals surface area contributed by atoms with Crippen LogP contribution in [-0.2, 0) is 13.0 Å². The summed E-state index contributed by atoms with van der Waals surface area (Å²) in [5.74, 6) is 0.697. The maximum atomic E-state index is 13.1. The molecule has 0 spiro atoms. The first-order chi connectivity index (χ1) is 13.5. The van der Waals surface area contributed by atoms with Gasteiger partial charge in [-0.05, 0) is 24.5 Å². The highest BCUT2D eigenvalue weighted by Crippen LogP contribution is 2.24. The Kier molecular flexibility index (Phi) is 5.17. The number of amides is 1. The molecular formula is C21H23N5OS. The van der Waals surface area contributed by atoms with Gasteiger partial charge in [0.25, 0.3) is 5.91 Å². The van der Waals surface area contributed by atoms with Crippen LogP contribution in [0, 0.1) is 6.92 Å². The summed E-state index contributed by atoms with van der Waals surface area (Å²) in [5.41, 5.74) is 3.97. The molecule has 0 saturated carbocycles. The fraction of sp³-hybridized carbons (Fsp3) is 0.333. The van der Waals surface area contributed by atoms with Crippen molar-refractivity contribution in [3.8, 4) is 5.82 Å². The average molecular weight is 394 g/mol. The largest absolute Gasteiger partial charge is 0.334 e. The molecular weight excluding hydrogens is 370 g/mol. The molecule has 0 N–H and O–H groups in total. The normalized spacial score (nSPS) is 13.6. The van der Waals surface area contributed by atoms with E-state index in [2.05, 4.69) is 47.1 Å². The van der Waals surface area contributed by atoms with Crippen LogP contribution in [0.25, 0.3) is 5.82 Å². The van der Waals surface area contributed by atoms with E-state index >= 15 is 0 Å². The minimum absolute atomic E-state index is 0.0177. The summed E-state index contributed by atoms with van der Waals surface area (Å²) in [6.45, 7) is 7.53. The molecule has 3 heterocycles. The predicted molar refractivity (Wildman–Crippen MR) is 110 cm³/mol. The Morgan fingerprint density at radius 2 is 1.96 bits per heavy atom. The molecule has 4 rings (SSSR count). The Morgan fingerprint density at radius 1 is 1.18 bits per heavy atom. The van der Waals surface area contributed by atoms with Crippen LogP contribution in [0.3, 0.4) is 0 Å². The van der Waals surface area contributed by atoms with Crippen LogP contribution in [-0.4, -0.2) is 42.4 Å². The lowest BCUT2D eigenvalue weighted by atomic mass is 9.99. The van der Waals surface area contributed by atoms with Crippen LogP contribution in [0.2, 0.25) is 0 Å². The molecule has 1 aliphatic heterocycles. The van der Waals surface area contributed by atoms with E-state index in [1.54, 1.807) is 29.0 Å². The van der Waals surface area contributed by atoms with Crippen molar-refractivity contribution in [2.24, 2.45) is 0 Å². The summed E-state index contributed by atoms with van der Waals surface area (Å²) >= 11 is 1.68. The van der Waals surface area contributed by atoms with Crippen molar-refractivity contribution in [1.82, 2.24) is 24.6 Å². The summed E-state index contributed by atoms with van der Waals surface area (Å²) in [6, 6.07) is 10.2. The molecule has 2 aromatic heterocycles. The summed E-state index contributed by atoms with van der Waals surface area (Å²) < 4.78 is 1.72. The highest BCUT2D eigenvalue weighted by molar-refractivity contribution is 7.99. The Hall–Kier alpha value is -2.67. The lowest BCUT2D eigenvalue weighted by Crippen LogP contribution is -2.36. The molecule has 0 saturated heterocycles. The number of fused-ring (bicyclic) bond motifs is 1. The van der Waals surface area contributed by atoms with Gasteiger partial charge in [-0.2, -0.15) is 5.10 Å². The minimum Gasteiger partial charge on any atom is -0.334 e. The van der Waals surface area contributed by atoms with Gasteiger partial charge < -0.3 is 4.90 Å². The molecule has 1 aliphatic rings. The maximum absolute atomic E-state index is 13.1. The highest BCUT2D eigenvalue weighted by atomic mass is 32.2. The first-order valence-electron chi connectivity index (χ1n) is 9.42. The second-order valence-electron chi connectivity index (χ2n) is 7.18. The SMILES string of the molecule is Cc1c(C(=O)N2CCc3ccccc3C2)cnn1-c1cc(SC(C)C)ncn1. The maximum Gasteiger partial charge on any atom is 0.257 e. The van der Waals surface area contributed by atoms with Gasteiger partial charge in [0.05, 0.1) is 17.5 Å². The van der Waals surface area contributed by atoms with E-state index in [9.17, 15) is 4.79 Å². The third-order valence-corrected chi connectivity index (χ3v) is 5.80. The van der Waals surface area contributed by atoms with Gasteiger partial charge in [0.1, 0.15) is 11.4 Å². The number of rotatable bonds is 4. The quantitative estimate of drug-likeness (QED) is 0.500. The number of carbonyl (C=O) groups is 1. The predicted octanol–water partition coefficient (Wildman–Crippen LogP) is 3.67. The van der Waals surface area contributed by atoms with Gasteiger partial charge in [-0.15, -0.1) is 11.8 Å². The standard InChI is InChI=1S/C21H23N5OS/c1-14(2)28-20-10-19(22-13-23-20)26-15(3)18(11-24-26)21(27)25-9-8-16-6-4-5-7-17(16)12-25/h4-7,10-11,13-14H,8-9,12H2,1-3H3. The van der Waals surface area contributed by atoms with E-state index in [-0.39, 0.29) is 5.91 Å². The number of aromatic nitrogens is 4. The molecule has 144 valence electrons. The molecule has 0 atom stereocenters. The van der Waals surface area contributed by atoms with Crippen LogP contribution in [0.1, 0.15) is 41.0 Å². The van der Waals surface area contributed by atoms with E-state index in [0.29, 0.717) is 23.2 Å². The Labute approximate surface area is 169 Å². The van der Waals surface area contributed by atoms with Crippen molar-refractivity contribution in [2.45, 2.75) is 44.0 Å². The second kappa shape index (κ2) is 7.75. The van der Waals surface area contributed by atoms with Gasteiger partial charge in [0, 0.05) is 24.4 Å². The van der Waals surface area contributed by atoms with Crippen LogP contribution in [0.15, 0.2) is 47.9 Å². The van der Waals surface area contributed by atoms with E-state index in [0.717, 1.165) is 23.7 Å². The van der Waals surface area contributed by atoms with Gasteiger partial charge in [-0.1, -0.05) is 38.1 Å². The molecule has 0 fully saturated rings. The Morgan fingerprint density at radius 3 is 2.75 bits per heavy atom. The summed E-state index contributed by atoms with van der Waals surface area (Å²) in [6.07, 6.45) is 4.08. The van der Waals surface area contributed by atoms with Crippen LogP contribution in [0.5, 0.6) is 0 Å².